The number of rotatable bonds is 7. The van der Waals surface area contributed by atoms with Crippen molar-refractivity contribution in [3.63, 3.8) is 0 Å². The number of aryl methyl sites for hydroxylation is 2. The molecule has 1 amide bonds. The summed E-state index contributed by atoms with van der Waals surface area (Å²) in [5, 5.41) is 19.7. The van der Waals surface area contributed by atoms with Crippen molar-refractivity contribution in [1.29, 1.82) is 0 Å². The molecule has 0 saturated carbocycles. The summed E-state index contributed by atoms with van der Waals surface area (Å²) < 4.78 is 5.51. The van der Waals surface area contributed by atoms with E-state index in [1.54, 1.807) is 31.2 Å². The first-order valence-corrected chi connectivity index (χ1v) is 9.43. The molecule has 7 nitrogen and oxygen atoms in total. The number of carbonyl (C=O) groups is 1. The van der Waals surface area contributed by atoms with E-state index in [2.05, 4.69) is 26.9 Å². The Morgan fingerprint density at radius 3 is 2.69 bits per heavy atom. The van der Waals surface area contributed by atoms with E-state index >= 15 is 0 Å². The van der Waals surface area contributed by atoms with E-state index in [9.17, 15) is 9.90 Å². The van der Waals surface area contributed by atoms with Crippen molar-refractivity contribution in [3.05, 3.63) is 53.0 Å². The molecule has 0 radical (unpaired) electrons. The summed E-state index contributed by atoms with van der Waals surface area (Å²) in [6, 6.07) is 8.87. The average molecular weight is 396 g/mol. The Balaban J connectivity index is 1.99. The number of nitrogens with one attached hydrogen (secondary N) is 3. The number of guanidine groups is 1. The maximum absolute atomic E-state index is 12.2. The molecule has 1 heterocycles. The van der Waals surface area contributed by atoms with Gasteiger partial charge in [-0.2, -0.15) is 0 Å². The van der Waals surface area contributed by atoms with Gasteiger partial charge in [0.2, 0.25) is 5.91 Å². The molecule has 1 unspecified atom stereocenters. The number of amides is 1. The SMILES string of the molecule is C#Cc1cccc(NC(=O)CN=C(NCC)NCC(C)(O)c2cc(C)oc2C)c1. The van der Waals surface area contributed by atoms with E-state index in [0.29, 0.717) is 35.1 Å². The minimum Gasteiger partial charge on any atom is -0.466 e. The van der Waals surface area contributed by atoms with Gasteiger partial charge in [-0.15, -0.1) is 6.42 Å². The van der Waals surface area contributed by atoms with Crippen LogP contribution < -0.4 is 16.0 Å². The van der Waals surface area contributed by atoms with Crippen molar-refractivity contribution >= 4 is 17.6 Å². The van der Waals surface area contributed by atoms with Crippen LogP contribution in [-0.4, -0.2) is 36.6 Å². The Kier molecular flexibility index (Phi) is 7.46. The summed E-state index contributed by atoms with van der Waals surface area (Å²) in [7, 11) is 0. The molecular weight excluding hydrogens is 368 g/mol. The molecule has 0 spiro atoms. The molecular formula is C22H28N4O3. The van der Waals surface area contributed by atoms with Gasteiger partial charge in [-0.3, -0.25) is 4.79 Å². The maximum atomic E-state index is 12.2. The first kappa shape index (κ1) is 22.1. The number of benzene rings is 1. The van der Waals surface area contributed by atoms with Crippen LogP contribution in [0.5, 0.6) is 0 Å². The second-order valence-electron chi connectivity index (χ2n) is 6.92. The molecule has 0 aliphatic carbocycles. The predicted octanol–water partition coefficient (Wildman–Crippen LogP) is 2.28. The van der Waals surface area contributed by atoms with E-state index in [4.69, 9.17) is 10.8 Å². The van der Waals surface area contributed by atoms with Crippen molar-refractivity contribution < 1.29 is 14.3 Å². The second-order valence-corrected chi connectivity index (χ2v) is 6.92. The lowest BCUT2D eigenvalue weighted by molar-refractivity contribution is -0.114. The summed E-state index contributed by atoms with van der Waals surface area (Å²) in [6.07, 6.45) is 5.37. The molecule has 1 aromatic heterocycles. The van der Waals surface area contributed by atoms with Crippen LogP contribution in [-0.2, 0) is 10.4 Å². The lowest BCUT2D eigenvalue weighted by Gasteiger charge is -2.24. The van der Waals surface area contributed by atoms with Crippen LogP contribution in [0.3, 0.4) is 0 Å². The van der Waals surface area contributed by atoms with Crippen molar-refractivity contribution in [2.24, 2.45) is 4.99 Å². The lowest BCUT2D eigenvalue weighted by atomic mass is 9.96. The van der Waals surface area contributed by atoms with Crippen molar-refractivity contribution in [2.45, 2.75) is 33.3 Å². The van der Waals surface area contributed by atoms with Gasteiger partial charge in [-0.25, -0.2) is 4.99 Å². The minimum absolute atomic E-state index is 0.0817. The van der Waals surface area contributed by atoms with Gasteiger partial charge < -0.3 is 25.5 Å². The van der Waals surface area contributed by atoms with Crippen molar-refractivity contribution in [3.8, 4) is 12.3 Å². The fourth-order valence-corrected chi connectivity index (χ4v) is 2.90. The van der Waals surface area contributed by atoms with Gasteiger partial charge in [-0.1, -0.05) is 12.0 Å². The van der Waals surface area contributed by atoms with Gasteiger partial charge in [0.15, 0.2) is 5.96 Å². The second kappa shape index (κ2) is 9.80. The van der Waals surface area contributed by atoms with Crippen molar-refractivity contribution in [2.75, 3.05) is 25.0 Å². The first-order valence-electron chi connectivity index (χ1n) is 9.43. The quantitative estimate of drug-likeness (QED) is 0.327. The van der Waals surface area contributed by atoms with Crippen LogP contribution in [0.15, 0.2) is 39.7 Å². The van der Waals surface area contributed by atoms with Gasteiger partial charge in [0.25, 0.3) is 0 Å². The first-order chi connectivity index (χ1) is 13.7. The van der Waals surface area contributed by atoms with Gasteiger partial charge in [0.05, 0.1) is 6.54 Å². The van der Waals surface area contributed by atoms with Crippen LogP contribution in [0.1, 0.15) is 36.5 Å². The molecule has 1 aromatic carbocycles. The Hall–Kier alpha value is -3.24. The minimum atomic E-state index is -1.16. The Morgan fingerprint density at radius 2 is 2.07 bits per heavy atom. The van der Waals surface area contributed by atoms with Crippen LogP contribution in [0.4, 0.5) is 5.69 Å². The van der Waals surface area contributed by atoms with Gasteiger partial charge >= 0.3 is 0 Å². The number of furan rings is 1. The summed E-state index contributed by atoms with van der Waals surface area (Å²) in [5.41, 5.74) is 0.862. The topological polar surface area (TPSA) is 98.9 Å². The number of nitrogens with zero attached hydrogens (tertiary/aromatic N) is 1. The molecule has 0 fully saturated rings. The molecule has 29 heavy (non-hydrogen) atoms. The molecule has 154 valence electrons. The highest BCUT2D eigenvalue weighted by Gasteiger charge is 2.27. The van der Waals surface area contributed by atoms with Crippen LogP contribution >= 0.6 is 0 Å². The van der Waals surface area contributed by atoms with E-state index in [1.165, 1.54) is 0 Å². The Labute approximate surface area is 171 Å². The molecule has 0 bridgehead atoms. The summed E-state index contributed by atoms with van der Waals surface area (Å²) in [5.74, 6) is 4.09. The van der Waals surface area contributed by atoms with E-state index < -0.39 is 5.60 Å². The number of terminal acetylenes is 1. The summed E-state index contributed by atoms with van der Waals surface area (Å²) >= 11 is 0. The zero-order valence-corrected chi connectivity index (χ0v) is 17.3. The van der Waals surface area contributed by atoms with Crippen LogP contribution in [0, 0.1) is 26.2 Å². The largest absolute Gasteiger partial charge is 0.466 e. The third-order valence-electron chi connectivity index (χ3n) is 4.26. The normalized spacial score (nSPS) is 13.3. The number of hydrogen-bond acceptors (Lipinski definition) is 4. The van der Waals surface area contributed by atoms with Gasteiger partial charge in [0, 0.05) is 23.4 Å². The van der Waals surface area contributed by atoms with E-state index in [1.807, 2.05) is 26.8 Å². The molecule has 2 aromatic rings. The molecule has 0 aliphatic rings. The monoisotopic (exact) mass is 396 g/mol. The zero-order valence-electron chi connectivity index (χ0n) is 17.3. The van der Waals surface area contributed by atoms with Crippen molar-refractivity contribution in [1.82, 2.24) is 10.6 Å². The molecule has 4 N–H and O–H groups in total. The van der Waals surface area contributed by atoms with Gasteiger partial charge in [-0.05, 0) is 52.0 Å². The van der Waals surface area contributed by atoms with Crippen LogP contribution in [0.25, 0.3) is 0 Å². The molecule has 2 rings (SSSR count). The fourth-order valence-electron chi connectivity index (χ4n) is 2.90. The highest BCUT2D eigenvalue weighted by Crippen LogP contribution is 2.26. The number of anilines is 1. The summed E-state index contributed by atoms with van der Waals surface area (Å²) in [4.78, 5) is 16.5. The highest BCUT2D eigenvalue weighted by atomic mass is 16.3. The number of hydrogen-bond donors (Lipinski definition) is 4. The van der Waals surface area contributed by atoms with E-state index in [-0.39, 0.29) is 19.0 Å². The number of carbonyl (C=O) groups excluding carboxylic acids is 1. The molecule has 7 heteroatoms. The van der Waals surface area contributed by atoms with Gasteiger partial charge in [0.1, 0.15) is 23.7 Å². The summed E-state index contributed by atoms with van der Waals surface area (Å²) in [6.45, 7) is 8.01. The van der Waals surface area contributed by atoms with Crippen LogP contribution in [0.2, 0.25) is 0 Å². The zero-order chi connectivity index (χ0) is 21.4. The maximum Gasteiger partial charge on any atom is 0.246 e. The van der Waals surface area contributed by atoms with E-state index in [0.717, 1.165) is 5.76 Å². The molecule has 0 aliphatic heterocycles. The predicted molar refractivity (Wildman–Crippen MR) is 115 cm³/mol. The Morgan fingerprint density at radius 1 is 1.31 bits per heavy atom. The third-order valence-corrected chi connectivity index (χ3v) is 4.26. The third kappa shape index (κ3) is 6.40. The average Bonchev–Trinajstić information content (AvgIpc) is 3.03. The number of aliphatic imine (C=N–C) groups is 1. The molecule has 1 atom stereocenters. The fraction of sp³-hybridized carbons (Fsp3) is 0.364. The highest BCUT2D eigenvalue weighted by molar-refractivity contribution is 5.94. The lowest BCUT2D eigenvalue weighted by Crippen LogP contribution is -2.45. The standard InChI is InChI=1S/C22H28N4O3/c1-6-17-9-8-10-18(12-17)26-20(27)13-24-21(23-7-2)25-14-22(5,28)19-11-15(3)29-16(19)4/h1,8-12,28H,7,13-14H2,2-5H3,(H,26,27)(H2,23,24,25). The molecule has 0 saturated heterocycles. The number of aliphatic hydroxyl groups is 1. The smallest absolute Gasteiger partial charge is 0.246 e. The Bertz CT molecular complexity index is 922.